The zero-order valence-electron chi connectivity index (χ0n) is 11.0. The van der Waals surface area contributed by atoms with Crippen molar-refractivity contribution in [2.75, 3.05) is 0 Å². The molecule has 1 aromatic rings. The molecule has 2 rings (SSSR count). The van der Waals surface area contributed by atoms with E-state index < -0.39 is 4.92 Å². The van der Waals surface area contributed by atoms with E-state index in [4.69, 9.17) is 5.73 Å². The van der Waals surface area contributed by atoms with E-state index in [2.05, 4.69) is 5.32 Å². The van der Waals surface area contributed by atoms with Gasteiger partial charge in [-0.3, -0.25) is 14.9 Å². The highest BCUT2D eigenvalue weighted by molar-refractivity contribution is 5.92. The average Bonchev–Trinajstić information content (AvgIpc) is 2.82. The Balaban J connectivity index is 2.02. The van der Waals surface area contributed by atoms with Gasteiger partial charge in [-0.25, -0.2) is 0 Å². The first-order valence-electron chi connectivity index (χ1n) is 6.55. The molecule has 0 aromatic heterocycles. The van der Waals surface area contributed by atoms with Crippen LogP contribution in [0.5, 0.6) is 0 Å². The largest absolute Gasteiger partial charge is 0.348 e. The Morgan fingerprint density at radius 3 is 2.80 bits per heavy atom. The van der Waals surface area contributed by atoms with E-state index in [9.17, 15) is 14.9 Å². The van der Waals surface area contributed by atoms with Crippen LogP contribution in [0.15, 0.2) is 30.3 Å². The average molecular weight is 275 g/mol. The molecule has 0 aliphatic heterocycles. The van der Waals surface area contributed by atoms with Crippen molar-refractivity contribution >= 4 is 17.7 Å². The molecule has 3 N–H and O–H groups in total. The van der Waals surface area contributed by atoms with Gasteiger partial charge in [-0.05, 0) is 31.4 Å². The fourth-order valence-electron chi connectivity index (χ4n) is 2.36. The molecule has 0 heterocycles. The number of hydrogen-bond acceptors (Lipinski definition) is 4. The van der Waals surface area contributed by atoms with Crippen LogP contribution in [-0.4, -0.2) is 22.9 Å². The Morgan fingerprint density at radius 2 is 2.15 bits per heavy atom. The molecule has 2 atom stereocenters. The number of nitrogens with two attached hydrogens (primary N) is 1. The molecule has 0 bridgehead atoms. The summed E-state index contributed by atoms with van der Waals surface area (Å²) in [6.45, 7) is 0. The van der Waals surface area contributed by atoms with Gasteiger partial charge in [-0.1, -0.05) is 12.1 Å². The second kappa shape index (κ2) is 6.29. The van der Waals surface area contributed by atoms with Gasteiger partial charge in [0.1, 0.15) is 0 Å². The van der Waals surface area contributed by atoms with Crippen LogP contribution in [0.3, 0.4) is 0 Å². The van der Waals surface area contributed by atoms with Crippen molar-refractivity contribution < 1.29 is 9.72 Å². The van der Waals surface area contributed by atoms with Gasteiger partial charge in [-0.2, -0.15) is 0 Å². The van der Waals surface area contributed by atoms with Crippen LogP contribution in [0.25, 0.3) is 6.08 Å². The number of amides is 1. The van der Waals surface area contributed by atoms with Crippen LogP contribution >= 0.6 is 0 Å². The van der Waals surface area contributed by atoms with Gasteiger partial charge in [-0.15, -0.1) is 0 Å². The summed E-state index contributed by atoms with van der Waals surface area (Å²) in [5.74, 6) is -0.273. The maximum absolute atomic E-state index is 11.8. The van der Waals surface area contributed by atoms with Crippen molar-refractivity contribution in [3.05, 3.63) is 46.0 Å². The minimum atomic E-state index is -0.468. The topological polar surface area (TPSA) is 98.3 Å². The van der Waals surface area contributed by atoms with Gasteiger partial charge >= 0.3 is 0 Å². The van der Waals surface area contributed by atoms with E-state index in [-0.39, 0.29) is 23.7 Å². The lowest BCUT2D eigenvalue weighted by Crippen LogP contribution is -2.43. The molecule has 1 aliphatic carbocycles. The summed E-state index contributed by atoms with van der Waals surface area (Å²) in [6, 6.07) is 6.29. The highest BCUT2D eigenvalue weighted by Crippen LogP contribution is 2.19. The van der Waals surface area contributed by atoms with Crippen molar-refractivity contribution in [2.45, 2.75) is 31.3 Å². The molecule has 2 unspecified atom stereocenters. The number of nitrogens with zero attached hydrogens (tertiary/aromatic N) is 1. The minimum Gasteiger partial charge on any atom is -0.348 e. The number of rotatable bonds is 4. The third kappa shape index (κ3) is 3.42. The molecule has 106 valence electrons. The van der Waals surface area contributed by atoms with Crippen LogP contribution in [0.4, 0.5) is 5.69 Å². The summed E-state index contributed by atoms with van der Waals surface area (Å²) in [5, 5.41) is 13.7. The summed E-state index contributed by atoms with van der Waals surface area (Å²) in [6.07, 6.45) is 5.58. The van der Waals surface area contributed by atoms with Crippen LogP contribution < -0.4 is 11.1 Å². The summed E-state index contributed by atoms with van der Waals surface area (Å²) in [5.41, 5.74) is 6.26. The highest BCUT2D eigenvalue weighted by Gasteiger charge is 2.24. The molecule has 0 spiro atoms. The third-order valence-corrected chi connectivity index (χ3v) is 3.44. The van der Waals surface area contributed by atoms with Gasteiger partial charge < -0.3 is 11.1 Å². The summed E-state index contributed by atoms with van der Waals surface area (Å²) < 4.78 is 0. The normalized spacial score (nSPS) is 22.1. The van der Waals surface area contributed by atoms with Gasteiger partial charge in [0.15, 0.2) is 0 Å². The van der Waals surface area contributed by atoms with Crippen molar-refractivity contribution in [2.24, 2.45) is 5.73 Å². The highest BCUT2D eigenvalue weighted by atomic mass is 16.6. The lowest BCUT2D eigenvalue weighted by molar-refractivity contribution is -0.385. The van der Waals surface area contributed by atoms with Crippen LogP contribution in [0.2, 0.25) is 0 Å². The van der Waals surface area contributed by atoms with E-state index in [0.29, 0.717) is 5.56 Å². The fourth-order valence-corrected chi connectivity index (χ4v) is 2.36. The van der Waals surface area contributed by atoms with Gasteiger partial charge in [0.05, 0.1) is 10.5 Å². The number of para-hydroxylation sites is 1. The van der Waals surface area contributed by atoms with Crippen LogP contribution in [0.1, 0.15) is 24.8 Å². The Morgan fingerprint density at radius 1 is 1.40 bits per heavy atom. The van der Waals surface area contributed by atoms with Gasteiger partial charge in [0, 0.05) is 24.2 Å². The number of benzene rings is 1. The first kappa shape index (κ1) is 14.2. The Bertz CT molecular complexity index is 542. The second-order valence-corrected chi connectivity index (χ2v) is 4.86. The molecule has 1 aliphatic rings. The van der Waals surface area contributed by atoms with Crippen molar-refractivity contribution in [3.8, 4) is 0 Å². The molecular formula is C14H17N3O3. The first-order valence-corrected chi connectivity index (χ1v) is 6.55. The molecule has 1 fully saturated rings. The van der Waals surface area contributed by atoms with Crippen molar-refractivity contribution in [1.29, 1.82) is 0 Å². The number of nitro groups is 1. The Hall–Kier alpha value is -2.21. The Labute approximate surface area is 116 Å². The molecule has 0 saturated heterocycles. The quantitative estimate of drug-likeness (QED) is 0.495. The van der Waals surface area contributed by atoms with Gasteiger partial charge in [0.25, 0.3) is 5.69 Å². The molecule has 0 radical (unpaired) electrons. The molecule has 1 aromatic carbocycles. The SMILES string of the molecule is NC1CCCC1NC(=O)C=Cc1ccccc1[N+](=O)[O-]. The van der Waals surface area contributed by atoms with Crippen LogP contribution in [-0.2, 0) is 4.79 Å². The predicted molar refractivity (Wildman–Crippen MR) is 75.9 cm³/mol. The summed E-state index contributed by atoms with van der Waals surface area (Å²) in [7, 11) is 0. The number of carbonyl (C=O) groups excluding carboxylic acids is 1. The lowest BCUT2D eigenvalue weighted by atomic mass is 10.1. The molecule has 1 saturated carbocycles. The number of nitro benzene ring substituents is 1. The molecule has 6 heteroatoms. The van der Waals surface area contributed by atoms with Gasteiger partial charge in [0.2, 0.25) is 5.91 Å². The Kier molecular flexibility index (Phi) is 4.47. The molecule has 6 nitrogen and oxygen atoms in total. The zero-order valence-corrected chi connectivity index (χ0v) is 11.0. The first-order chi connectivity index (χ1) is 9.58. The lowest BCUT2D eigenvalue weighted by Gasteiger charge is -2.15. The van der Waals surface area contributed by atoms with Crippen LogP contribution in [0, 0.1) is 10.1 Å². The zero-order chi connectivity index (χ0) is 14.5. The molecule has 1 amide bonds. The minimum absolute atomic E-state index is 0.00147. The fraction of sp³-hybridized carbons (Fsp3) is 0.357. The number of nitrogens with one attached hydrogen (secondary N) is 1. The number of hydrogen-bond donors (Lipinski definition) is 2. The van der Waals surface area contributed by atoms with E-state index in [1.807, 2.05) is 0 Å². The summed E-state index contributed by atoms with van der Waals surface area (Å²) >= 11 is 0. The maximum Gasteiger partial charge on any atom is 0.276 e. The van der Waals surface area contributed by atoms with E-state index in [0.717, 1.165) is 19.3 Å². The summed E-state index contributed by atoms with van der Waals surface area (Å²) in [4.78, 5) is 22.2. The van der Waals surface area contributed by atoms with Crippen molar-refractivity contribution in [3.63, 3.8) is 0 Å². The molecule has 20 heavy (non-hydrogen) atoms. The number of carbonyl (C=O) groups is 1. The van der Waals surface area contributed by atoms with E-state index in [1.165, 1.54) is 18.2 Å². The van der Waals surface area contributed by atoms with Crippen molar-refractivity contribution in [1.82, 2.24) is 5.32 Å². The van der Waals surface area contributed by atoms with E-state index in [1.54, 1.807) is 18.2 Å². The smallest absolute Gasteiger partial charge is 0.276 e. The maximum atomic E-state index is 11.8. The standard InChI is InChI=1S/C14H17N3O3/c15-11-5-3-6-12(11)16-14(18)9-8-10-4-1-2-7-13(10)17(19)20/h1-2,4,7-9,11-12H,3,5-6,15H2,(H,16,18). The second-order valence-electron chi connectivity index (χ2n) is 4.86. The molecular weight excluding hydrogens is 258 g/mol. The monoisotopic (exact) mass is 275 g/mol. The predicted octanol–water partition coefficient (Wildman–Crippen LogP) is 1.60. The third-order valence-electron chi connectivity index (χ3n) is 3.44. The van der Waals surface area contributed by atoms with E-state index >= 15 is 0 Å².